The summed E-state index contributed by atoms with van der Waals surface area (Å²) in [6.07, 6.45) is 1.58. The van der Waals surface area contributed by atoms with Crippen LogP contribution in [-0.4, -0.2) is 42.4 Å². The third-order valence-corrected chi connectivity index (χ3v) is 4.53. The number of carbonyl (C=O) groups is 1. The Morgan fingerprint density at radius 3 is 3.25 bits per heavy atom. The Balaban J connectivity index is 1.48. The molecule has 7 nitrogen and oxygen atoms in total. The first-order valence-corrected chi connectivity index (χ1v) is 8.12. The van der Waals surface area contributed by atoms with Crippen molar-refractivity contribution in [2.24, 2.45) is 0 Å². The van der Waals surface area contributed by atoms with Crippen LogP contribution in [0.4, 0.5) is 0 Å². The number of amides is 1. The van der Waals surface area contributed by atoms with Gasteiger partial charge in [-0.15, -0.1) is 0 Å². The van der Waals surface area contributed by atoms with E-state index in [1.54, 1.807) is 7.11 Å². The summed E-state index contributed by atoms with van der Waals surface area (Å²) in [6, 6.07) is 5.72. The molecule has 0 fully saturated rings. The van der Waals surface area contributed by atoms with Crippen molar-refractivity contribution in [2.75, 3.05) is 20.3 Å². The number of hydrogen-bond donors (Lipinski definition) is 3. The molecule has 3 N–H and O–H groups in total. The van der Waals surface area contributed by atoms with E-state index in [9.17, 15) is 4.79 Å². The van der Waals surface area contributed by atoms with Crippen LogP contribution in [0.2, 0.25) is 0 Å². The van der Waals surface area contributed by atoms with Gasteiger partial charge in [-0.25, -0.2) is 0 Å². The highest BCUT2D eigenvalue weighted by atomic mass is 16.5. The lowest BCUT2D eigenvalue weighted by molar-refractivity contribution is 0.0908. The molecule has 2 aliphatic heterocycles. The van der Waals surface area contributed by atoms with E-state index < -0.39 is 0 Å². The van der Waals surface area contributed by atoms with Crippen molar-refractivity contribution >= 4 is 5.91 Å². The van der Waals surface area contributed by atoms with Crippen molar-refractivity contribution in [3.63, 3.8) is 0 Å². The van der Waals surface area contributed by atoms with Crippen LogP contribution in [0.15, 0.2) is 18.2 Å². The lowest BCUT2D eigenvalue weighted by atomic mass is 10.0. The second kappa shape index (κ2) is 6.16. The SMILES string of the molecule is COc1cccc2c1OCC(NC(=O)c1n[nH]c3c1CNCC3)C2. The third kappa shape index (κ3) is 2.60. The number of methoxy groups -OCH3 is 1. The number of fused-ring (bicyclic) bond motifs is 2. The van der Waals surface area contributed by atoms with E-state index in [1.807, 2.05) is 18.2 Å². The van der Waals surface area contributed by atoms with Crippen LogP contribution in [0, 0.1) is 0 Å². The lowest BCUT2D eigenvalue weighted by Gasteiger charge is -2.27. The van der Waals surface area contributed by atoms with Gasteiger partial charge in [-0.05, 0) is 12.5 Å². The largest absolute Gasteiger partial charge is 0.493 e. The van der Waals surface area contributed by atoms with Gasteiger partial charge >= 0.3 is 0 Å². The number of nitrogens with one attached hydrogen (secondary N) is 3. The average molecular weight is 328 g/mol. The summed E-state index contributed by atoms with van der Waals surface area (Å²) in [5, 5.41) is 13.5. The molecule has 24 heavy (non-hydrogen) atoms. The molecular weight excluding hydrogens is 308 g/mol. The van der Waals surface area contributed by atoms with Crippen LogP contribution < -0.4 is 20.1 Å². The summed E-state index contributed by atoms with van der Waals surface area (Å²) in [5.41, 5.74) is 3.54. The molecule has 0 spiro atoms. The fourth-order valence-corrected chi connectivity index (χ4v) is 3.31. The number of aromatic nitrogens is 2. The molecule has 0 saturated heterocycles. The highest BCUT2D eigenvalue weighted by Gasteiger charge is 2.27. The number of nitrogens with zero attached hydrogens (tertiary/aromatic N) is 1. The minimum absolute atomic E-state index is 0.0824. The predicted molar refractivity (Wildman–Crippen MR) is 87.4 cm³/mol. The molecule has 2 aromatic rings. The maximum Gasteiger partial charge on any atom is 0.272 e. The molecule has 1 aromatic carbocycles. The maximum absolute atomic E-state index is 12.6. The average Bonchev–Trinajstić information content (AvgIpc) is 3.05. The summed E-state index contributed by atoms with van der Waals surface area (Å²) >= 11 is 0. The van der Waals surface area contributed by atoms with Crippen LogP contribution in [0.1, 0.15) is 27.3 Å². The Hall–Kier alpha value is -2.54. The smallest absolute Gasteiger partial charge is 0.272 e. The van der Waals surface area contributed by atoms with Crippen LogP contribution in [0.25, 0.3) is 0 Å². The van der Waals surface area contributed by atoms with Crippen LogP contribution in [0.5, 0.6) is 11.5 Å². The van der Waals surface area contributed by atoms with Crippen molar-refractivity contribution in [3.8, 4) is 11.5 Å². The van der Waals surface area contributed by atoms with Crippen LogP contribution >= 0.6 is 0 Å². The van der Waals surface area contributed by atoms with Crippen LogP contribution in [-0.2, 0) is 19.4 Å². The number of carbonyl (C=O) groups excluding carboxylic acids is 1. The van der Waals surface area contributed by atoms with Gasteiger partial charge in [0.15, 0.2) is 17.2 Å². The zero-order valence-electron chi connectivity index (χ0n) is 13.5. The topological polar surface area (TPSA) is 88.3 Å². The van der Waals surface area contributed by atoms with Gasteiger partial charge in [0.2, 0.25) is 0 Å². The van der Waals surface area contributed by atoms with Gasteiger partial charge in [-0.1, -0.05) is 12.1 Å². The summed E-state index contributed by atoms with van der Waals surface area (Å²) in [6.45, 7) is 2.01. The number of ether oxygens (including phenoxy) is 2. The first kappa shape index (κ1) is 15.0. The Labute approximate surface area is 139 Å². The number of H-pyrrole nitrogens is 1. The second-order valence-corrected chi connectivity index (χ2v) is 6.09. The molecule has 2 aliphatic rings. The number of hydrogen-bond acceptors (Lipinski definition) is 5. The van der Waals surface area contributed by atoms with E-state index in [4.69, 9.17) is 9.47 Å². The summed E-state index contributed by atoms with van der Waals surface area (Å²) in [4.78, 5) is 12.6. The minimum Gasteiger partial charge on any atom is -0.493 e. The molecule has 1 amide bonds. The van der Waals surface area contributed by atoms with E-state index in [0.717, 1.165) is 41.3 Å². The molecule has 1 unspecified atom stereocenters. The molecule has 126 valence electrons. The van der Waals surface area contributed by atoms with Crippen LogP contribution in [0.3, 0.4) is 0 Å². The fraction of sp³-hybridized carbons (Fsp3) is 0.412. The minimum atomic E-state index is -0.156. The molecule has 3 heterocycles. The van der Waals surface area contributed by atoms with Crippen molar-refractivity contribution in [2.45, 2.75) is 25.4 Å². The van der Waals surface area contributed by atoms with Gasteiger partial charge in [-0.3, -0.25) is 9.89 Å². The van der Waals surface area contributed by atoms with E-state index in [-0.39, 0.29) is 11.9 Å². The fourth-order valence-electron chi connectivity index (χ4n) is 3.31. The van der Waals surface area contributed by atoms with Crippen molar-refractivity contribution in [3.05, 3.63) is 40.7 Å². The van der Waals surface area contributed by atoms with E-state index in [0.29, 0.717) is 25.3 Å². The Bertz CT molecular complexity index is 771. The summed E-state index contributed by atoms with van der Waals surface area (Å²) in [7, 11) is 1.63. The molecule has 0 bridgehead atoms. The monoisotopic (exact) mass is 328 g/mol. The van der Waals surface area contributed by atoms with Gasteiger partial charge in [0.05, 0.1) is 13.2 Å². The number of aromatic amines is 1. The Morgan fingerprint density at radius 2 is 2.38 bits per heavy atom. The number of rotatable bonds is 3. The quantitative estimate of drug-likeness (QED) is 0.775. The predicted octanol–water partition coefficient (Wildman–Crippen LogP) is 0.797. The number of para-hydroxylation sites is 1. The van der Waals surface area contributed by atoms with Gasteiger partial charge in [-0.2, -0.15) is 5.10 Å². The molecular formula is C17H20N4O3. The third-order valence-electron chi connectivity index (χ3n) is 4.53. The molecule has 4 rings (SSSR count). The molecule has 0 radical (unpaired) electrons. The van der Waals surface area contributed by atoms with Gasteiger partial charge in [0.25, 0.3) is 5.91 Å². The first-order valence-electron chi connectivity index (χ1n) is 8.12. The van der Waals surface area contributed by atoms with Crippen molar-refractivity contribution in [1.29, 1.82) is 0 Å². The summed E-state index contributed by atoms with van der Waals surface area (Å²) < 4.78 is 11.1. The van der Waals surface area contributed by atoms with Gasteiger partial charge < -0.3 is 20.1 Å². The zero-order valence-corrected chi connectivity index (χ0v) is 13.5. The maximum atomic E-state index is 12.6. The zero-order chi connectivity index (χ0) is 16.5. The molecule has 7 heteroatoms. The normalized spacial score (nSPS) is 19.0. The Kier molecular flexibility index (Phi) is 3.86. The Morgan fingerprint density at radius 1 is 1.46 bits per heavy atom. The first-order chi connectivity index (χ1) is 11.8. The number of benzene rings is 1. The van der Waals surface area contributed by atoms with Gasteiger partial charge in [0, 0.05) is 36.3 Å². The van der Waals surface area contributed by atoms with E-state index in [1.165, 1.54) is 0 Å². The van der Waals surface area contributed by atoms with Crippen molar-refractivity contribution < 1.29 is 14.3 Å². The second-order valence-electron chi connectivity index (χ2n) is 6.09. The molecule has 0 aliphatic carbocycles. The highest BCUT2D eigenvalue weighted by molar-refractivity contribution is 5.94. The van der Waals surface area contributed by atoms with Gasteiger partial charge in [0.1, 0.15) is 6.61 Å². The van der Waals surface area contributed by atoms with E-state index >= 15 is 0 Å². The molecule has 1 aromatic heterocycles. The molecule has 0 saturated carbocycles. The van der Waals surface area contributed by atoms with Crippen molar-refractivity contribution in [1.82, 2.24) is 20.8 Å². The molecule has 1 atom stereocenters. The highest BCUT2D eigenvalue weighted by Crippen LogP contribution is 2.34. The summed E-state index contributed by atoms with van der Waals surface area (Å²) in [5.74, 6) is 1.34. The standard InChI is InChI=1S/C17H20N4O3/c1-23-14-4-2-3-10-7-11(9-24-16(10)14)19-17(22)15-12-8-18-6-5-13(12)20-21-15/h2-4,11,18H,5-9H2,1H3,(H,19,22)(H,20,21). The lowest BCUT2D eigenvalue weighted by Crippen LogP contribution is -2.43. The van der Waals surface area contributed by atoms with E-state index in [2.05, 4.69) is 20.8 Å².